The van der Waals surface area contributed by atoms with Gasteiger partial charge >= 0.3 is 0 Å². The van der Waals surface area contributed by atoms with E-state index < -0.39 is 0 Å². The Hall–Kier alpha value is -1.77. The highest BCUT2D eigenvalue weighted by Gasteiger charge is 2.17. The summed E-state index contributed by atoms with van der Waals surface area (Å²) in [4.78, 5) is 28.1. The van der Waals surface area contributed by atoms with Crippen molar-refractivity contribution in [1.82, 2.24) is 10.3 Å². The van der Waals surface area contributed by atoms with E-state index in [0.29, 0.717) is 22.9 Å². The van der Waals surface area contributed by atoms with Crippen LogP contribution in [0.15, 0.2) is 22.2 Å². The largest absolute Gasteiger partial charge is 0.376 e. The second-order valence-corrected chi connectivity index (χ2v) is 6.86. The van der Waals surface area contributed by atoms with Crippen molar-refractivity contribution in [3.8, 4) is 0 Å². The summed E-state index contributed by atoms with van der Waals surface area (Å²) in [5.41, 5.74) is 1.27. The van der Waals surface area contributed by atoms with Crippen LogP contribution >= 0.6 is 22.7 Å². The van der Waals surface area contributed by atoms with Gasteiger partial charge in [-0.3, -0.25) is 14.9 Å². The lowest BCUT2D eigenvalue weighted by Gasteiger charge is -2.09. The SMILES string of the molecule is O=C(Cc1csc(NC(=O)c2ccsc2)n1)NCC1CCCO1. The van der Waals surface area contributed by atoms with Crippen molar-refractivity contribution < 1.29 is 14.3 Å². The maximum absolute atomic E-state index is 11.9. The van der Waals surface area contributed by atoms with Gasteiger partial charge < -0.3 is 10.1 Å². The Morgan fingerprint density at radius 1 is 1.39 bits per heavy atom. The molecular weight excluding hydrogens is 334 g/mol. The van der Waals surface area contributed by atoms with Crippen LogP contribution in [0.25, 0.3) is 0 Å². The van der Waals surface area contributed by atoms with Crippen LogP contribution in [-0.2, 0) is 16.0 Å². The van der Waals surface area contributed by atoms with Gasteiger partial charge in [0.2, 0.25) is 5.91 Å². The molecule has 2 N–H and O–H groups in total. The van der Waals surface area contributed by atoms with Crippen molar-refractivity contribution in [3.05, 3.63) is 33.5 Å². The van der Waals surface area contributed by atoms with Crippen LogP contribution in [0.5, 0.6) is 0 Å². The minimum Gasteiger partial charge on any atom is -0.376 e. The molecule has 1 atom stereocenters. The third-order valence-corrected chi connectivity index (χ3v) is 4.94. The highest BCUT2D eigenvalue weighted by molar-refractivity contribution is 7.14. The maximum atomic E-state index is 11.9. The van der Waals surface area contributed by atoms with E-state index in [1.807, 2.05) is 5.38 Å². The first-order chi connectivity index (χ1) is 11.2. The number of hydrogen-bond acceptors (Lipinski definition) is 6. The predicted octanol–water partition coefficient (Wildman–Crippen LogP) is 2.29. The van der Waals surface area contributed by atoms with E-state index in [1.165, 1.54) is 22.7 Å². The second-order valence-electron chi connectivity index (χ2n) is 5.23. The zero-order valence-corrected chi connectivity index (χ0v) is 14.0. The van der Waals surface area contributed by atoms with E-state index in [9.17, 15) is 9.59 Å². The number of anilines is 1. The fraction of sp³-hybridized carbons (Fsp3) is 0.400. The molecule has 0 aliphatic carbocycles. The average molecular weight is 351 g/mol. The van der Waals surface area contributed by atoms with Gasteiger partial charge in [-0.15, -0.1) is 11.3 Å². The molecule has 2 amide bonds. The van der Waals surface area contributed by atoms with Crippen LogP contribution in [0.4, 0.5) is 5.13 Å². The molecule has 3 heterocycles. The lowest BCUT2D eigenvalue weighted by Crippen LogP contribution is -2.32. The van der Waals surface area contributed by atoms with Gasteiger partial charge in [0.15, 0.2) is 5.13 Å². The first-order valence-corrected chi connectivity index (χ1v) is 9.19. The van der Waals surface area contributed by atoms with Crippen molar-refractivity contribution in [2.75, 3.05) is 18.5 Å². The van der Waals surface area contributed by atoms with Gasteiger partial charge in [0, 0.05) is 23.9 Å². The summed E-state index contributed by atoms with van der Waals surface area (Å²) in [5, 5.41) is 11.5. The number of carbonyl (C=O) groups is 2. The number of rotatable bonds is 6. The quantitative estimate of drug-likeness (QED) is 0.837. The first-order valence-electron chi connectivity index (χ1n) is 7.37. The molecule has 0 aromatic carbocycles. The predicted molar refractivity (Wildman–Crippen MR) is 90.1 cm³/mol. The van der Waals surface area contributed by atoms with Crippen molar-refractivity contribution >= 4 is 39.6 Å². The van der Waals surface area contributed by atoms with Crippen LogP contribution in [0.2, 0.25) is 0 Å². The molecule has 1 unspecified atom stereocenters. The zero-order valence-electron chi connectivity index (χ0n) is 12.4. The fourth-order valence-electron chi connectivity index (χ4n) is 2.27. The van der Waals surface area contributed by atoms with Gasteiger partial charge in [-0.05, 0) is 24.3 Å². The second kappa shape index (κ2) is 7.67. The van der Waals surface area contributed by atoms with Crippen LogP contribution in [0.1, 0.15) is 28.9 Å². The molecule has 0 spiro atoms. The van der Waals surface area contributed by atoms with Crippen LogP contribution in [-0.4, -0.2) is 36.1 Å². The minimum absolute atomic E-state index is 0.0819. The van der Waals surface area contributed by atoms with E-state index in [0.717, 1.165) is 19.4 Å². The van der Waals surface area contributed by atoms with Gasteiger partial charge in [-0.1, -0.05) is 0 Å². The summed E-state index contributed by atoms with van der Waals surface area (Å²) in [5.74, 6) is -0.267. The lowest BCUT2D eigenvalue weighted by atomic mass is 10.2. The number of nitrogens with one attached hydrogen (secondary N) is 2. The normalized spacial score (nSPS) is 17.1. The molecular formula is C15H17N3O3S2. The van der Waals surface area contributed by atoms with E-state index in [4.69, 9.17) is 4.74 Å². The highest BCUT2D eigenvalue weighted by atomic mass is 32.1. The number of ether oxygens (including phenoxy) is 1. The van der Waals surface area contributed by atoms with Crippen molar-refractivity contribution in [2.24, 2.45) is 0 Å². The smallest absolute Gasteiger partial charge is 0.258 e. The number of thiophene rings is 1. The van der Waals surface area contributed by atoms with Crippen LogP contribution in [0, 0.1) is 0 Å². The summed E-state index contributed by atoms with van der Waals surface area (Å²) < 4.78 is 5.46. The molecule has 1 saturated heterocycles. The van der Waals surface area contributed by atoms with Gasteiger partial charge in [-0.2, -0.15) is 11.3 Å². The standard InChI is InChI=1S/C15H17N3O3S2/c19-13(16-7-12-2-1-4-21-12)6-11-9-23-15(17-11)18-14(20)10-3-5-22-8-10/h3,5,8-9,12H,1-2,4,6-7H2,(H,16,19)(H,17,18,20). The summed E-state index contributed by atoms with van der Waals surface area (Å²) in [6.07, 6.45) is 2.39. The molecule has 1 aliphatic heterocycles. The Balaban J connectivity index is 1.46. The monoisotopic (exact) mass is 351 g/mol. The Bertz CT molecular complexity index is 663. The number of aromatic nitrogens is 1. The molecule has 2 aromatic rings. The first kappa shape index (κ1) is 16.1. The van der Waals surface area contributed by atoms with E-state index in [1.54, 1.807) is 16.8 Å². The Morgan fingerprint density at radius 3 is 3.04 bits per heavy atom. The molecule has 0 saturated carbocycles. The fourth-order valence-corrected chi connectivity index (χ4v) is 3.61. The molecule has 23 heavy (non-hydrogen) atoms. The summed E-state index contributed by atoms with van der Waals surface area (Å²) in [6, 6.07) is 1.76. The van der Waals surface area contributed by atoms with Gasteiger partial charge in [0.25, 0.3) is 5.91 Å². The number of hydrogen-bond donors (Lipinski definition) is 2. The summed E-state index contributed by atoms with van der Waals surface area (Å²) in [6.45, 7) is 1.32. The van der Waals surface area contributed by atoms with Gasteiger partial charge in [0.1, 0.15) is 0 Å². The topological polar surface area (TPSA) is 80.3 Å². The zero-order chi connectivity index (χ0) is 16.1. The Morgan fingerprint density at radius 2 is 2.30 bits per heavy atom. The molecule has 0 bridgehead atoms. The van der Waals surface area contributed by atoms with E-state index in [2.05, 4.69) is 15.6 Å². The average Bonchev–Trinajstić information content (AvgIpc) is 3.28. The summed E-state index contributed by atoms with van der Waals surface area (Å²) in [7, 11) is 0. The van der Waals surface area contributed by atoms with Crippen molar-refractivity contribution in [2.45, 2.75) is 25.4 Å². The molecule has 122 valence electrons. The number of nitrogens with zero attached hydrogens (tertiary/aromatic N) is 1. The molecule has 0 radical (unpaired) electrons. The van der Waals surface area contributed by atoms with Gasteiger partial charge in [-0.25, -0.2) is 4.98 Å². The highest BCUT2D eigenvalue weighted by Crippen LogP contribution is 2.18. The molecule has 1 aliphatic rings. The lowest BCUT2D eigenvalue weighted by molar-refractivity contribution is -0.121. The Kier molecular flexibility index (Phi) is 5.37. The maximum Gasteiger partial charge on any atom is 0.258 e. The number of thiazole rings is 1. The van der Waals surface area contributed by atoms with E-state index >= 15 is 0 Å². The molecule has 3 rings (SSSR count). The van der Waals surface area contributed by atoms with Crippen LogP contribution < -0.4 is 10.6 Å². The van der Waals surface area contributed by atoms with E-state index in [-0.39, 0.29) is 24.3 Å². The third-order valence-electron chi connectivity index (χ3n) is 3.45. The summed E-state index contributed by atoms with van der Waals surface area (Å²) >= 11 is 2.78. The minimum atomic E-state index is -0.185. The number of amides is 2. The van der Waals surface area contributed by atoms with Crippen molar-refractivity contribution in [1.29, 1.82) is 0 Å². The molecule has 2 aromatic heterocycles. The molecule has 8 heteroatoms. The van der Waals surface area contributed by atoms with Crippen LogP contribution in [0.3, 0.4) is 0 Å². The molecule has 6 nitrogen and oxygen atoms in total. The van der Waals surface area contributed by atoms with Crippen molar-refractivity contribution in [3.63, 3.8) is 0 Å². The molecule has 1 fully saturated rings. The third kappa shape index (κ3) is 4.60. The number of carbonyl (C=O) groups excluding carboxylic acids is 2. The Labute approximate surface area is 141 Å². The van der Waals surface area contributed by atoms with Gasteiger partial charge in [0.05, 0.1) is 23.8 Å².